The molecule has 47 heavy (non-hydrogen) atoms. The van der Waals surface area contributed by atoms with Gasteiger partial charge in [0.2, 0.25) is 0 Å². The Hall–Kier alpha value is -3.63. The summed E-state index contributed by atoms with van der Waals surface area (Å²) in [6.45, 7) is 15.2. The van der Waals surface area contributed by atoms with Crippen LogP contribution in [0.25, 0.3) is 5.57 Å². The molecular formula is C35H44Cl2N2O8. The van der Waals surface area contributed by atoms with Crippen molar-refractivity contribution in [3.63, 3.8) is 0 Å². The molecule has 2 aromatic rings. The molecule has 1 fully saturated rings. The van der Waals surface area contributed by atoms with E-state index < -0.39 is 41.4 Å². The third kappa shape index (κ3) is 9.26. The minimum atomic E-state index is -0.813. The first-order chi connectivity index (χ1) is 22.0. The molecule has 2 amide bonds. The lowest BCUT2D eigenvalue weighted by Crippen LogP contribution is -2.65. The normalized spacial score (nSPS) is 18.1. The molecule has 1 saturated heterocycles. The van der Waals surface area contributed by atoms with Crippen LogP contribution in [-0.2, 0) is 19.0 Å². The number of ether oxygens (including phenoxy) is 5. The highest BCUT2D eigenvalue weighted by Crippen LogP contribution is 2.40. The number of fused-ring (bicyclic) bond motifs is 2. The zero-order chi connectivity index (χ0) is 34.7. The smallest absolute Gasteiger partial charge is 0.411 e. The fourth-order valence-electron chi connectivity index (χ4n) is 5.60. The van der Waals surface area contributed by atoms with Gasteiger partial charge in [-0.2, -0.15) is 0 Å². The number of hydrogen-bond donors (Lipinski definition) is 0. The second-order valence-corrected chi connectivity index (χ2v) is 14.4. The van der Waals surface area contributed by atoms with Crippen LogP contribution in [0.2, 0.25) is 10.0 Å². The third-order valence-electron chi connectivity index (χ3n) is 7.35. The minimum absolute atomic E-state index is 0.0402. The summed E-state index contributed by atoms with van der Waals surface area (Å²) in [5.41, 5.74) is 1.28. The second-order valence-electron chi connectivity index (χ2n) is 13.5. The summed E-state index contributed by atoms with van der Waals surface area (Å²) in [7, 11) is 0. The number of piperazine rings is 1. The largest absolute Gasteiger partial charge is 0.490 e. The zero-order valence-corrected chi connectivity index (χ0v) is 29.8. The lowest BCUT2D eigenvalue weighted by atomic mass is 9.82. The van der Waals surface area contributed by atoms with E-state index in [0.29, 0.717) is 27.1 Å². The van der Waals surface area contributed by atoms with Crippen molar-refractivity contribution in [1.82, 2.24) is 9.80 Å². The summed E-state index contributed by atoms with van der Waals surface area (Å²) in [5, 5.41) is 0.864. The first kappa shape index (κ1) is 36.2. The Bertz CT molecular complexity index is 1490. The maximum Gasteiger partial charge on any atom is 0.411 e. The molecule has 0 aromatic heterocycles. The molecule has 2 heterocycles. The van der Waals surface area contributed by atoms with E-state index in [9.17, 15) is 14.4 Å². The van der Waals surface area contributed by atoms with E-state index >= 15 is 0 Å². The topological polar surface area (TPSA) is 104 Å². The van der Waals surface area contributed by atoms with E-state index in [-0.39, 0.29) is 39.3 Å². The van der Waals surface area contributed by atoms with Crippen LogP contribution in [0.5, 0.6) is 11.5 Å². The molecule has 2 aromatic carbocycles. The zero-order valence-electron chi connectivity index (χ0n) is 28.3. The summed E-state index contributed by atoms with van der Waals surface area (Å²) in [6.07, 6.45) is -0.785. The Balaban J connectivity index is 1.60. The van der Waals surface area contributed by atoms with Gasteiger partial charge >= 0.3 is 18.2 Å². The predicted molar refractivity (Wildman–Crippen MR) is 180 cm³/mol. The number of hydrogen-bond acceptors (Lipinski definition) is 8. The van der Waals surface area contributed by atoms with Gasteiger partial charge in [-0.15, -0.1) is 0 Å². The number of benzene rings is 2. The molecule has 2 aliphatic rings. The van der Waals surface area contributed by atoms with Gasteiger partial charge in [0.1, 0.15) is 30.2 Å². The molecule has 0 aliphatic carbocycles. The fourth-order valence-corrected chi connectivity index (χ4v) is 6.30. The van der Waals surface area contributed by atoms with Gasteiger partial charge in [-0.3, -0.25) is 4.90 Å². The Morgan fingerprint density at radius 1 is 0.851 bits per heavy atom. The van der Waals surface area contributed by atoms with E-state index in [2.05, 4.69) is 0 Å². The number of nitrogens with zero attached hydrogens (tertiary/aromatic N) is 2. The molecule has 2 atom stereocenters. The van der Waals surface area contributed by atoms with E-state index in [1.165, 1.54) is 0 Å². The highest BCUT2D eigenvalue weighted by molar-refractivity contribution is 6.37. The predicted octanol–water partition coefficient (Wildman–Crippen LogP) is 7.71. The van der Waals surface area contributed by atoms with E-state index in [4.69, 9.17) is 46.9 Å². The van der Waals surface area contributed by atoms with Crippen LogP contribution < -0.4 is 9.47 Å². The number of amides is 2. The van der Waals surface area contributed by atoms with Gasteiger partial charge in [-0.05, 0) is 103 Å². The van der Waals surface area contributed by atoms with Gasteiger partial charge in [0.25, 0.3) is 0 Å². The summed E-state index contributed by atoms with van der Waals surface area (Å²) in [5.74, 6) is 0.445. The van der Waals surface area contributed by atoms with Crippen LogP contribution >= 0.6 is 23.2 Å². The standard InChI is InChI=1S/C35H44Cl2N2O8/c1-9-43-31(40)29-25(22-10-12-24(13-11-22)44-14-15-45-30-26(36)16-21(2)17-27(30)37)18-23-19-38(32(41)46-34(3,4)5)20-28(29)39(23)33(42)47-35(6,7)8/h10-13,16-17,23,28H,9,14-15,18-20H2,1-8H3. The Morgan fingerprint density at radius 2 is 1.43 bits per heavy atom. The number of halogens is 2. The maximum atomic E-state index is 13.6. The van der Waals surface area contributed by atoms with Gasteiger partial charge in [0.05, 0.1) is 34.3 Å². The van der Waals surface area contributed by atoms with Gasteiger partial charge in [0.15, 0.2) is 5.75 Å². The second kappa shape index (κ2) is 14.6. The lowest BCUT2D eigenvalue weighted by Gasteiger charge is -2.50. The Kier molecular flexibility index (Phi) is 11.3. The van der Waals surface area contributed by atoms with Crippen LogP contribution in [0.15, 0.2) is 42.0 Å². The molecule has 0 spiro atoms. The van der Waals surface area contributed by atoms with Crippen molar-refractivity contribution >= 4 is 46.9 Å². The molecule has 4 rings (SSSR count). The Morgan fingerprint density at radius 3 is 2.00 bits per heavy atom. The monoisotopic (exact) mass is 690 g/mol. The van der Waals surface area contributed by atoms with Crippen molar-refractivity contribution in [3.8, 4) is 11.5 Å². The summed E-state index contributed by atoms with van der Waals surface area (Å²) in [4.78, 5) is 43.5. The van der Waals surface area contributed by atoms with Gasteiger partial charge < -0.3 is 28.6 Å². The molecule has 2 bridgehead atoms. The molecule has 0 radical (unpaired) electrons. The van der Waals surface area contributed by atoms with E-state index in [1.54, 1.807) is 82.5 Å². The van der Waals surface area contributed by atoms with E-state index in [1.807, 2.05) is 19.1 Å². The minimum Gasteiger partial charge on any atom is -0.490 e. The molecule has 0 saturated carbocycles. The van der Waals surface area contributed by atoms with Crippen molar-refractivity contribution in [2.75, 3.05) is 32.9 Å². The quantitative estimate of drug-likeness (QED) is 0.158. The van der Waals surface area contributed by atoms with Crippen LogP contribution in [0.4, 0.5) is 9.59 Å². The third-order valence-corrected chi connectivity index (χ3v) is 7.91. The molecule has 10 nitrogen and oxygen atoms in total. The van der Waals surface area contributed by atoms with Crippen LogP contribution in [0.1, 0.15) is 66.0 Å². The van der Waals surface area contributed by atoms with Crippen LogP contribution in [0.3, 0.4) is 0 Å². The first-order valence-electron chi connectivity index (χ1n) is 15.7. The van der Waals surface area contributed by atoms with Gasteiger partial charge in [-0.1, -0.05) is 35.3 Å². The highest BCUT2D eigenvalue weighted by Gasteiger charge is 2.49. The molecular weight excluding hydrogens is 647 g/mol. The molecule has 0 N–H and O–H groups in total. The van der Waals surface area contributed by atoms with Gasteiger partial charge in [-0.25, -0.2) is 14.4 Å². The maximum absolute atomic E-state index is 13.6. The Labute approximate surface area is 286 Å². The van der Waals surface area contributed by atoms with Crippen molar-refractivity contribution in [3.05, 3.63) is 63.1 Å². The average molecular weight is 692 g/mol. The average Bonchev–Trinajstić information content (AvgIpc) is 2.94. The summed E-state index contributed by atoms with van der Waals surface area (Å²) >= 11 is 12.5. The van der Waals surface area contributed by atoms with Crippen molar-refractivity contribution in [1.29, 1.82) is 0 Å². The SMILES string of the molecule is CCOC(=O)C1=C(c2ccc(OCCOc3c(Cl)cc(C)cc3Cl)cc2)CC2CN(C(=O)OC(C)(C)C)CC1N2C(=O)OC(C)(C)C. The number of rotatable bonds is 8. The van der Waals surface area contributed by atoms with Crippen LogP contribution in [-0.4, -0.2) is 84.2 Å². The van der Waals surface area contributed by atoms with Gasteiger partial charge in [0, 0.05) is 13.1 Å². The number of esters is 1. The molecule has 2 unspecified atom stereocenters. The van der Waals surface area contributed by atoms with Crippen molar-refractivity contribution in [2.45, 2.75) is 85.1 Å². The first-order valence-corrected chi connectivity index (χ1v) is 16.4. The van der Waals surface area contributed by atoms with E-state index in [0.717, 1.165) is 16.7 Å². The molecule has 2 aliphatic heterocycles. The van der Waals surface area contributed by atoms with Crippen LogP contribution in [0, 0.1) is 6.92 Å². The number of carbonyl (C=O) groups is 3. The van der Waals surface area contributed by atoms with Crippen molar-refractivity contribution in [2.24, 2.45) is 0 Å². The molecule has 256 valence electrons. The van der Waals surface area contributed by atoms with Crippen molar-refractivity contribution < 1.29 is 38.1 Å². The summed E-state index contributed by atoms with van der Waals surface area (Å²) < 4.78 is 28.6. The lowest BCUT2D eigenvalue weighted by molar-refractivity contribution is -0.140. The fraction of sp³-hybridized carbons (Fsp3) is 0.514. The number of carbonyl (C=O) groups excluding carboxylic acids is 3. The summed E-state index contributed by atoms with van der Waals surface area (Å²) in [6, 6.07) is 9.61. The number of aryl methyl sites for hydroxylation is 1. The highest BCUT2D eigenvalue weighted by atomic mass is 35.5. The molecule has 12 heteroatoms.